The van der Waals surface area contributed by atoms with Crippen molar-refractivity contribution >= 4 is 5.91 Å². The number of carbonyl (C=O) groups excluding carboxylic acids is 1. The Morgan fingerprint density at radius 3 is 2.77 bits per heavy atom. The van der Waals surface area contributed by atoms with Crippen LogP contribution in [0.25, 0.3) is 0 Å². The van der Waals surface area contributed by atoms with Gasteiger partial charge >= 0.3 is 0 Å². The maximum Gasteiger partial charge on any atom is 0.222 e. The molecule has 3 rings (SSSR count). The molecule has 0 N–H and O–H groups in total. The highest BCUT2D eigenvalue weighted by atomic mass is 16.5. The Morgan fingerprint density at radius 2 is 2.00 bits per heavy atom. The summed E-state index contributed by atoms with van der Waals surface area (Å²) in [5.41, 5.74) is 1.23. The van der Waals surface area contributed by atoms with Gasteiger partial charge in [-0.25, -0.2) is 0 Å². The summed E-state index contributed by atoms with van der Waals surface area (Å²) in [7, 11) is 4.17. The van der Waals surface area contributed by atoms with Crippen LogP contribution in [-0.4, -0.2) is 73.5 Å². The predicted molar refractivity (Wildman–Crippen MR) is 123 cm³/mol. The second-order valence-electron chi connectivity index (χ2n) is 9.03. The lowest BCUT2D eigenvalue weighted by molar-refractivity contribution is -0.133. The summed E-state index contributed by atoms with van der Waals surface area (Å²) in [6.07, 6.45) is 8.11. The molecule has 5 heteroatoms. The van der Waals surface area contributed by atoms with Gasteiger partial charge in [0.1, 0.15) is 12.4 Å². The van der Waals surface area contributed by atoms with Gasteiger partial charge in [-0.2, -0.15) is 0 Å². The number of amides is 1. The van der Waals surface area contributed by atoms with E-state index in [1.165, 1.54) is 18.4 Å². The van der Waals surface area contributed by atoms with Crippen LogP contribution in [0, 0.1) is 5.92 Å². The molecular formula is C25H39N3O2. The van der Waals surface area contributed by atoms with Crippen LogP contribution in [-0.2, 0) is 11.3 Å². The van der Waals surface area contributed by atoms with Crippen LogP contribution in [0.4, 0.5) is 0 Å². The van der Waals surface area contributed by atoms with Crippen molar-refractivity contribution in [3.05, 3.63) is 42.5 Å². The SMILES string of the molecule is C=CCOc1ccccc1CN1CCCC(CCC(=O)N(C)C2CCN(C)CC2)C1. The zero-order valence-electron chi connectivity index (χ0n) is 18.9. The van der Waals surface area contributed by atoms with Crippen molar-refractivity contribution in [1.82, 2.24) is 14.7 Å². The highest BCUT2D eigenvalue weighted by Gasteiger charge is 2.26. The first-order valence-electron chi connectivity index (χ1n) is 11.5. The van der Waals surface area contributed by atoms with Gasteiger partial charge in [0.2, 0.25) is 5.91 Å². The number of hydrogen-bond acceptors (Lipinski definition) is 4. The number of rotatable bonds is 9. The first-order valence-corrected chi connectivity index (χ1v) is 11.5. The highest BCUT2D eigenvalue weighted by Crippen LogP contribution is 2.26. The van der Waals surface area contributed by atoms with E-state index in [1.807, 2.05) is 24.1 Å². The van der Waals surface area contributed by atoms with Gasteiger partial charge < -0.3 is 14.5 Å². The van der Waals surface area contributed by atoms with Crippen molar-refractivity contribution in [1.29, 1.82) is 0 Å². The minimum Gasteiger partial charge on any atom is -0.489 e. The molecule has 0 radical (unpaired) electrons. The van der Waals surface area contributed by atoms with E-state index in [1.54, 1.807) is 6.08 Å². The smallest absolute Gasteiger partial charge is 0.222 e. The molecule has 5 nitrogen and oxygen atoms in total. The molecule has 0 bridgehead atoms. The van der Waals surface area contributed by atoms with E-state index >= 15 is 0 Å². The van der Waals surface area contributed by atoms with Crippen LogP contribution in [0.3, 0.4) is 0 Å². The third-order valence-corrected chi connectivity index (χ3v) is 6.72. The van der Waals surface area contributed by atoms with Crippen molar-refractivity contribution in [2.45, 2.75) is 51.1 Å². The Labute approximate surface area is 182 Å². The molecule has 30 heavy (non-hydrogen) atoms. The lowest BCUT2D eigenvalue weighted by atomic mass is 9.92. The molecule has 0 saturated carbocycles. The summed E-state index contributed by atoms with van der Waals surface area (Å²) in [6, 6.07) is 8.71. The van der Waals surface area contributed by atoms with E-state index in [2.05, 4.69) is 35.6 Å². The Balaban J connectivity index is 1.46. The van der Waals surface area contributed by atoms with Gasteiger partial charge in [0.25, 0.3) is 0 Å². The molecular weight excluding hydrogens is 374 g/mol. The lowest BCUT2D eigenvalue weighted by Crippen LogP contribution is -2.44. The number of carbonyl (C=O) groups is 1. The summed E-state index contributed by atoms with van der Waals surface area (Å²) >= 11 is 0. The Bertz CT molecular complexity index is 685. The first kappa shape index (κ1) is 22.8. The van der Waals surface area contributed by atoms with Gasteiger partial charge in [0, 0.05) is 38.2 Å². The monoisotopic (exact) mass is 413 g/mol. The van der Waals surface area contributed by atoms with Gasteiger partial charge in [-0.15, -0.1) is 0 Å². The molecule has 1 aromatic carbocycles. The Kier molecular flexibility index (Phi) is 8.76. The predicted octanol–water partition coefficient (Wildman–Crippen LogP) is 3.80. The van der Waals surface area contributed by atoms with Crippen LogP contribution in [0.1, 0.15) is 44.1 Å². The Hall–Kier alpha value is -1.85. The molecule has 166 valence electrons. The highest BCUT2D eigenvalue weighted by molar-refractivity contribution is 5.76. The summed E-state index contributed by atoms with van der Waals surface area (Å²) in [5.74, 6) is 1.88. The Morgan fingerprint density at radius 1 is 1.23 bits per heavy atom. The fourth-order valence-corrected chi connectivity index (χ4v) is 4.79. The molecule has 2 heterocycles. The van der Waals surface area contributed by atoms with Crippen molar-refractivity contribution in [2.24, 2.45) is 5.92 Å². The minimum atomic E-state index is 0.324. The quantitative estimate of drug-likeness (QED) is 0.577. The van der Waals surface area contributed by atoms with E-state index in [-0.39, 0.29) is 0 Å². The molecule has 1 atom stereocenters. The molecule has 2 fully saturated rings. The van der Waals surface area contributed by atoms with Crippen molar-refractivity contribution in [3.8, 4) is 5.75 Å². The van der Waals surface area contributed by atoms with E-state index in [4.69, 9.17) is 4.74 Å². The van der Waals surface area contributed by atoms with Crippen molar-refractivity contribution in [3.63, 3.8) is 0 Å². The third-order valence-electron chi connectivity index (χ3n) is 6.72. The van der Waals surface area contributed by atoms with E-state index < -0.39 is 0 Å². The lowest BCUT2D eigenvalue weighted by Gasteiger charge is -2.36. The van der Waals surface area contributed by atoms with Gasteiger partial charge in [0.05, 0.1) is 0 Å². The van der Waals surface area contributed by atoms with E-state index in [0.717, 1.165) is 57.7 Å². The third kappa shape index (κ3) is 6.58. The van der Waals surface area contributed by atoms with Crippen molar-refractivity contribution in [2.75, 3.05) is 46.9 Å². The zero-order chi connectivity index (χ0) is 21.3. The van der Waals surface area contributed by atoms with Gasteiger partial charge in [-0.1, -0.05) is 30.9 Å². The second kappa shape index (κ2) is 11.5. The largest absolute Gasteiger partial charge is 0.489 e. The van der Waals surface area contributed by atoms with Crippen molar-refractivity contribution < 1.29 is 9.53 Å². The fourth-order valence-electron chi connectivity index (χ4n) is 4.79. The fraction of sp³-hybridized carbons (Fsp3) is 0.640. The van der Waals surface area contributed by atoms with Gasteiger partial charge in [0.15, 0.2) is 0 Å². The van der Waals surface area contributed by atoms with E-state index in [9.17, 15) is 4.79 Å². The number of benzene rings is 1. The van der Waals surface area contributed by atoms with Gasteiger partial charge in [-0.3, -0.25) is 9.69 Å². The van der Waals surface area contributed by atoms with Crippen LogP contribution in [0.15, 0.2) is 36.9 Å². The average molecular weight is 414 g/mol. The maximum absolute atomic E-state index is 12.8. The summed E-state index contributed by atoms with van der Waals surface area (Å²) in [6.45, 7) is 9.57. The molecule has 2 aliphatic rings. The summed E-state index contributed by atoms with van der Waals surface area (Å²) < 4.78 is 5.83. The maximum atomic E-state index is 12.8. The molecule has 1 amide bonds. The topological polar surface area (TPSA) is 36.0 Å². The molecule has 0 aliphatic carbocycles. The standard InChI is InChI=1S/C25H39N3O2/c1-4-18-30-24-10-6-5-9-22(24)20-28-15-7-8-21(19-28)11-12-25(29)27(3)23-13-16-26(2)17-14-23/h4-6,9-10,21,23H,1,7-8,11-20H2,2-3H3. The second-order valence-corrected chi connectivity index (χ2v) is 9.03. The van der Waals surface area contributed by atoms with Crippen LogP contribution in [0.2, 0.25) is 0 Å². The zero-order valence-corrected chi connectivity index (χ0v) is 18.9. The number of ether oxygens (including phenoxy) is 1. The van der Waals surface area contributed by atoms with Gasteiger partial charge in [-0.05, 0) is 70.8 Å². The first-order chi connectivity index (χ1) is 14.6. The molecule has 0 spiro atoms. The number of piperidine rings is 2. The van der Waals surface area contributed by atoms with Crippen LogP contribution in [0.5, 0.6) is 5.75 Å². The summed E-state index contributed by atoms with van der Waals surface area (Å²) in [5, 5.41) is 0. The number of likely N-dealkylation sites (tertiary alicyclic amines) is 2. The van der Waals surface area contributed by atoms with E-state index in [0.29, 0.717) is 30.9 Å². The molecule has 0 aromatic heterocycles. The molecule has 2 saturated heterocycles. The van der Waals surface area contributed by atoms with Crippen LogP contribution < -0.4 is 4.74 Å². The number of nitrogens with zero attached hydrogens (tertiary/aromatic N) is 3. The van der Waals surface area contributed by atoms with Crippen LogP contribution >= 0.6 is 0 Å². The average Bonchev–Trinajstić information content (AvgIpc) is 2.77. The molecule has 2 aliphatic heterocycles. The molecule has 1 aromatic rings. The number of hydrogen-bond donors (Lipinski definition) is 0. The minimum absolute atomic E-state index is 0.324. The normalized spacial score (nSPS) is 21.3. The summed E-state index contributed by atoms with van der Waals surface area (Å²) in [4.78, 5) is 19.7. The molecule has 1 unspecified atom stereocenters. The number of para-hydroxylation sites is 1.